The molecule has 0 bridgehead atoms. The third-order valence-corrected chi connectivity index (χ3v) is 4.09. The summed E-state index contributed by atoms with van der Waals surface area (Å²) in [6.07, 6.45) is 5.47. The molecule has 0 spiro atoms. The molecule has 0 aromatic carbocycles. The van der Waals surface area contributed by atoms with E-state index in [2.05, 4.69) is 15.1 Å². The zero-order valence-electron chi connectivity index (χ0n) is 12.7. The molecule has 2 aromatic heterocycles. The number of hydrogen-bond donors (Lipinski definition) is 0. The number of hydrogen-bond acceptors (Lipinski definition) is 7. The Morgan fingerprint density at radius 3 is 2.43 bits per heavy atom. The molecule has 2 heterocycles. The molecule has 0 saturated carbocycles. The van der Waals surface area contributed by atoms with Crippen LogP contribution < -0.4 is 0 Å². The second-order valence-electron chi connectivity index (χ2n) is 4.12. The molecule has 0 fully saturated rings. The minimum Gasteiger partial charge on any atom is -0.351 e. The van der Waals surface area contributed by atoms with Gasteiger partial charge < -0.3 is 9.47 Å². The molecule has 2 aromatic rings. The van der Waals surface area contributed by atoms with E-state index in [1.54, 1.807) is 18.0 Å². The topological polar surface area (TPSA) is 62.1 Å². The van der Waals surface area contributed by atoms with E-state index < -0.39 is 0 Å². The number of thioether (sulfide) groups is 2. The Balaban J connectivity index is 2.35. The van der Waals surface area contributed by atoms with Crippen LogP contribution in [0.4, 0.5) is 0 Å². The van der Waals surface area contributed by atoms with E-state index in [1.807, 2.05) is 31.0 Å². The van der Waals surface area contributed by atoms with Gasteiger partial charge in [0.15, 0.2) is 17.1 Å². The number of aromatic nitrogens is 4. The van der Waals surface area contributed by atoms with Crippen molar-refractivity contribution < 1.29 is 9.47 Å². The molecule has 8 heteroatoms. The molecule has 0 aliphatic rings. The zero-order chi connectivity index (χ0) is 15.2. The van der Waals surface area contributed by atoms with Gasteiger partial charge in [0, 0.05) is 13.2 Å². The molecule has 0 unspecified atom stereocenters. The summed E-state index contributed by atoms with van der Waals surface area (Å²) in [6, 6.07) is 0. The molecule has 0 amide bonds. The largest absolute Gasteiger partial charge is 0.351 e. The van der Waals surface area contributed by atoms with Crippen molar-refractivity contribution in [3.05, 3.63) is 6.20 Å². The highest BCUT2D eigenvalue weighted by atomic mass is 32.2. The molecular formula is C13H20N4O2S2. The van der Waals surface area contributed by atoms with Crippen molar-refractivity contribution in [3.8, 4) is 0 Å². The van der Waals surface area contributed by atoms with E-state index in [0.29, 0.717) is 19.8 Å². The molecule has 116 valence electrons. The molecule has 21 heavy (non-hydrogen) atoms. The Bertz CT molecular complexity index is 585. The normalized spacial score (nSPS) is 11.7. The molecule has 0 aliphatic carbocycles. The molecule has 2 rings (SSSR count). The third-order valence-electron chi connectivity index (χ3n) is 2.84. The Morgan fingerprint density at radius 2 is 1.86 bits per heavy atom. The van der Waals surface area contributed by atoms with Gasteiger partial charge >= 0.3 is 0 Å². The summed E-state index contributed by atoms with van der Waals surface area (Å²) >= 11 is 3.13. The minimum absolute atomic E-state index is 0.312. The number of fused-ring (bicyclic) bond motifs is 1. The molecular weight excluding hydrogens is 308 g/mol. The summed E-state index contributed by atoms with van der Waals surface area (Å²) in [5.74, 6) is 0. The van der Waals surface area contributed by atoms with Gasteiger partial charge in [0.25, 0.3) is 0 Å². The first-order valence-electron chi connectivity index (χ1n) is 6.78. The first-order chi connectivity index (χ1) is 10.2. The molecule has 0 radical (unpaired) electrons. The fourth-order valence-electron chi connectivity index (χ4n) is 1.96. The van der Waals surface area contributed by atoms with Gasteiger partial charge in [-0.1, -0.05) is 11.8 Å². The van der Waals surface area contributed by atoms with Gasteiger partial charge in [0.2, 0.25) is 0 Å². The van der Waals surface area contributed by atoms with Crippen LogP contribution in [0.2, 0.25) is 0 Å². The van der Waals surface area contributed by atoms with Crippen LogP contribution in [0.1, 0.15) is 13.8 Å². The van der Waals surface area contributed by atoms with Gasteiger partial charge in [-0.15, -0.1) is 11.8 Å². The molecule has 0 N–H and O–H groups in total. The molecule has 0 atom stereocenters. The van der Waals surface area contributed by atoms with Crippen LogP contribution in [0.25, 0.3) is 11.0 Å². The van der Waals surface area contributed by atoms with Crippen molar-refractivity contribution in [1.82, 2.24) is 19.7 Å². The summed E-state index contributed by atoms with van der Waals surface area (Å²) in [5, 5.41) is 7.07. The number of rotatable bonds is 8. The lowest BCUT2D eigenvalue weighted by Gasteiger charge is -2.17. The van der Waals surface area contributed by atoms with Gasteiger partial charge in [0.05, 0.1) is 18.1 Å². The minimum atomic E-state index is -0.312. The quantitative estimate of drug-likeness (QED) is 0.319. The second kappa shape index (κ2) is 7.98. The van der Waals surface area contributed by atoms with E-state index in [0.717, 1.165) is 21.2 Å². The average molecular weight is 328 g/mol. The van der Waals surface area contributed by atoms with Crippen LogP contribution in [-0.2, 0) is 16.0 Å². The summed E-state index contributed by atoms with van der Waals surface area (Å²) < 4.78 is 13.0. The highest BCUT2D eigenvalue weighted by molar-refractivity contribution is 7.99. The van der Waals surface area contributed by atoms with Crippen molar-refractivity contribution in [3.63, 3.8) is 0 Å². The summed E-state index contributed by atoms with van der Waals surface area (Å²) in [7, 11) is 0. The van der Waals surface area contributed by atoms with Crippen molar-refractivity contribution in [2.75, 3.05) is 25.7 Å². The lowest BCUT2D eigenvalue weighted by Crippen LogP contribution is -2.24. The van der Waals surface area contributed by atoms with Gasteiger partial charge in [-0.3, -0.25) is 0 Å². The fraction of sp³-hybridized carbons (Fsp3) is 0.615. The highest BCUT2D eigenvalue weighted by Crippen LogP contribution is 2.26. The van der Waals surface area contributed by atoms with Crippen LogP contribution in [0, 0.1) is 0 Å². The maximum Gasteiger partial charge on any atom is 0.190 e. The Kier molecular flexibility index (Phi) is 6.28. The van der Waals surface area contributed by atoms with Crippen LogP contribution in [-0.4, -0.2) is 51.8 Å². The van der Waals surface area contributed by atoms with Crippen LogP contribution in [0.5, 0.6) is 0 Å². The maximum absolute atomic E-state index is 5.58. The second-order valence-corrected chi connectivity index (χ2v) is 5.69. The average Bonchev–Trinajstić information content (AvgIpc) is 2.90. The summed E-state index contributed by atoms with van der Waals surface area (Å²) in [4.78, 5) is 9.07. The maximum atomic E-state index is 5.58. The zero-order valence-corrected chi connectivity index (χ0v) is 14.3. The standard InChI is InChI=1S/C13H20N4O2S2/c1-5-18-10(19-6-2)8-17-11-9(7-14-17)12(20-3)16-13(15-11)21-4/h7,10H,5-6,8H2,1-4H3. The predicted octanol–water partition coefficient (Wildman–Crippen LogP) is 2.67. The fourth-order valence-corrected chi connectivity index (χ4v) is 2.92. The van der Waals surface area contributed by atoms with Gasteiger partial charge in [-0.25, -0.2) is 14.6 Å². The number of nitrogens with zero attached hydrogens (tertiary/aromatic N) is 4. The van der Waals surface area contributed by atoms with E-state index in [9.17, 15) is 0 Å². The molecule has 6 nitrogen and oxygen atoms in total. The first kappa shape index (κ1) is 16.5. The van der Waals surface area contributed by atoms with Crippen molar-refractivity contribution in [2.45, 2.75) is 36.9 Å². The Morgan fingerprint density at radius 1 is 1.14 bits per heavy atom. The SMILES string of the molecule is CCOC(Cn1ncc2c(SC)nc(SC)nc21)OCC. The summed E-state index contributed by atoms with van der Waals surface area (Å²) in [5.41, 5.74) is 0.822. The van der Waals surface area contributed by atoms with Crippen LogP contribution in [0.15, 0.2) is 16.4 Å². The van der Waals surface area contributed by atoms with Crippen molar-refractivity contribution in [1.29, 1.82) is 0 Å². The van der Waals surface area contributed by atoms with Gasteiger partial charge in [-0.2, -0.15) is 5.10 Å². The van der Waals surface area contributed by atoms with E-state index in [1.165, 1.54) is 11.8 Å². The molecule has 0 aliphatic heterocycles. The number of ether oxygens (including phenoxy) is 2. The Hall–Kier alpha value is -0.830. The van der Waals surface area contributed by atoms with Crippen molar-refractivity contribution in [2.24, 2.45) is 0 Å². The van der Waals surface area contributed by atoms with Crippen LogP contribution in [0.3, 0.4) is 0 Å². The van der Waals surface area contributed by atoms with Gasteiger partial charge in [-0.05, 0) is 26.4 Å². The lowest BCUT2D eigenvalue weighted by atomic mass is 10.4. The van der Waals surface area contributed by atoms with E-state index in [4.69, 9.17) is 9.47 Å². The molecule has 0 saturated heterocycles. The third kappa shape index (κ3) is 3.88. The van der Waals surface area contributed by atoms with E-state index in [-0.39, 0.29) is 6.29 Å². The predicted molar refractivity (Wildman–Crippen MR) is 85.9 cm³/mol. The lowest BCUT2D eigenvalue weighted by molar-refractivity contribution is -0.144. The van der Waals surface area contributed by atoms with Gasteiger partial charge in [0.1, 0.15) is 5.03 Å². The highest BCUT2D eigenvalue weighted by Gasteiger charge is 2.16. The summed E-state index contributed by atoms with van der Waals surface area (Å²) in [6.45, 7) is 5.62. The van der Waals surface area contributed by atoms with E-state index >= 15 is 0 Å². The van der Waals surface area contributed by atoms with Crippen molar-refractivity contribution >= 4 is 34.6 Å². The monoisotopic (exact) mass is 328 g/mol. The van der Waals surface area contributed by atoms with Crippen LogP contribution >= 0.6 is 23.5 Å². The Labute approximate surface area is 133 Å². The first-order valence-corrected chi connectivity index (χ1v) is 9.23. The smallest absolute Gasteiger partial charge is 0.190 e.